The minimum absolute atomic E-state index is 0.0481. The van der Waals surface area contributed by atoms with Gasteiger partial charge in [-0.25, -0.2) is 4.79 Å². The molecule has 0 fully saturated rings. The van der Waals surface area contributed by atoms with E-state index in [4.69, 9.17) is 4.74 Å². The van der Waals surface area contributed by atoms with Crippen molar-refractivity contribution in [2.24, 2.45) is 0 Å². The Kier molecular flexibility index (Phi) is 7.58. The number of esters is 1. The van der Waals surface area contributed by atoms with E-state index >= 15 is 0 Å². The van der Waals surface area contributed by atoms with Crippen molar-refractivity contribution in [3.63, 3.8) is 0 Å². The van der Waals surface area contributed by atoms with Gasteiger partial charge in [0, 0.05) is 10.0 Å². The standard InChI is InChI=1S/C21H18BrNO3/c1-2-15-26-21(25)19(10-6-9-16-7-4-3-5-8-16)23-20(24)17-11-13-18(22)14-12-17/h2-14H,1,15H2,(H,23,24)/b9-6+,19-10-. The average molecular weight is 412 g/mol. The van der Waals surface area contributed by atoms with Crippen LogP contribution in [0.2, 0.25) is 0 Å². The Morgan fingerprint density at radius 3 is 2.42 bits per heavy atom. The lowest BCUT2D eigenvalue weighted by Gasteiger charge is -2.09. The Morgan fingerprint density at radius 1 is 1.08 bits per heavy atom. The summed E-state index contributed by atoms with van der Waals surface area (Å²) < 4.78 is 5.89. The highest BCUT2D eigenvalue weighted by atomic mass is 79.9. The summed E-state index contributed by atoms with van der Waals surface area (Å²) in [5.41, 5.74) is 1.46. The minimum atomic E-state index is -0.631. The lowest BCUT2D eigenvalue weighted by atomic mass is 10.2. The van der Waals surface area contributed by atoms with Crippen molar-refractivity contribution in [2.75, 3.05) is 6.61 Å². The summed E-state index contributed by atoms with van der Waals surface area (Å²) >= 11 is 3.32. The van der Waals surface area contributed by atoms with Crippen molar-refractivity contribution in [2.45, 2.75) is 0 Å². The summed E-state index contributed by atoms with van der Waals surface area (Å²) in [6, 6.07) is 16.4. The van der Waals surface area contributed by atoms with Crippen LogP contribution in [-0.2, 0) is 9.53 Å². The molecule has 0 radical (unpaired) electrons. The maximum absolute atomic E-state index is 12.4. The highest BCUT2D eigenvalue weighted by molar-refractivity contribution is 9.10. The molecule has 0 aromatic heterocycles. The van der Waals surface area contributed by atoms with Crippen LogP contribution in [0.3, 0.4) is 0 Å². The molecule has 0 saturated heterocycles. The number of benzene rings is 2. The molecule has 0 aliphatic rings. The van der Waals surface area contributed by atoms with Crippen molar-refractivity contribution >= 4 is 33.9 Å². The summed E-state index contributed by atoms with van der Waals surface area (Å²) in [7, 11) is 0. The molecule has 0 unspecified atom stereocenters. The number of amides is 1. The number of hydrogen-bond acceptors (Lipinski definition) is 3. The van der Waals surface area contributed by atoms with Crippen LogP contribution in [0.15, 0.2) is 89.6 Å². The zero-order valence-corrected chi connectivity index (χ0v) is 15.6. The van der Waals surface area contributed by atoms with Gasteiger partial charge in [-0.05, 0) is 35.9 Å². The highest BCUT2D eigenvalue weighted by Crippen LogP contribution is 2.11. The average Bonchev–Trinajstić information content (AvgIpc) is 2.66. The van der Waals surface area contributed by atoms with Gasteiger partial charge >= 0.3 is 5.97 Å². The molecule has 1 N–H and O–H groups in total. The lowest BCUT2D eigenvalue weighted by molar-refractivity contribution is -0.138. The number of nitrogens with one attached hydrogen (secondary N) is 1. The molecule has 1 amide bonds. The van der Waals surface area contributed by atoms with E-state index in [9.17, 15) is 9.59 Å². The highest BCUT2D eigenvalue weighted by Gasteiger charge is 2.14. The van der Waals surface area contributed by atoms with Crippen LogP contribution in [0.1, 0.15) is 15.9 Å². The topological polar surface area (TPSA) is 55.4 Å². The quantitative estimate of drug-likeness (QED) is 0.315. The second-order valence-corrected chi connectivity index (χ2v) is 6.11. The first-order valence-electron chi connectivity index (χ1n) is 7.88. The molecule has 0 saturated carbocycles. The van der Waals surface area contributed by atoms with Crippen LogP contribution < -0.4 is 5.32 Å². The van der Waals surface area contributed by atoms with Gasteiger partial charge in [-0.15, -0.1) is 0 Å². The van der Waals surface area contributed by atoms with E-state index < -0.39 is 11.9 Å². The van der Waals surface area contributed by atoms with Crippen molar-refractivity contribution in [3.05, 3.63) is 101 Å². The molecule has 132 valence electrons. The van der Waals surface area contributed by atoms with Crippen molar-refractivity contribution in [1.29, 1.82) is 0 Å². The predicted octanol–water partition coefficient (Wildman–Crippen LogP) is 4.51. The van der Waals surface area contributed by atoms with Crippen LogP contribution in [0.4, 0.5) is 0 Å². The fourth-order valence-corrected chi connectivity index (χ4v) is 2.25. The molecule has 0 spiro atoms. The number of carbonyl (C=O) groups excluding carboxylic acids is 2. The first-order chi connectivity index (χ1) is 12.6. The van der Waals surface area contributed by atoms with Crippen molar-refractivity contribution in [3.8, 4) is 0 Å². The molecule has 0 atom stereocenters. The molecule has 2 aromatic carbocycles. The first kappa shape index (κ1) is 19.4. The molecule has 4 nitrogen and oxygen atoms in total. The molecule has 26 heavy (non-hydrogen) atoms. The van der Waals surface area contributed by atoms with Gasteiger partial charge in [-0.2, -0.15) is 0 Å². The third kappa shape index (κ3) is 6.18. The molecular formula is C21H18BrNO3. The van der Waals surface area contributed by atoms with Crippen LogP contribution in [0.5, 0.6) is 0 Å². The van der Waals surface area contributed by atoms with Crippen LogP contribution in [0, 0.1) is 0 Å². The van der Waals surface area contributed by atoms with Crippen LogP contribution in [0.25, 0.3) is 6.08 Å². The summed E-state index contributed by atoms with van der Waals surface area (Å²) in [5.74, 6) is -1.03. The Labute approximate surface area is 161 Å². The summed E-state index contributed by atoms with van der Waals surface area (Å²) in [6.07, 6.45) is 6.48. The van der Waals surface area contributed by atoms with Gasteiger partial charge in [0.2, 0.25) is 0 Å². The number of carbonyl (C=O) groups is 2. The summed E-state index contributed by atoms with van der Waals surface area (Å²) in [6.45, 7) is 3.57. The Bertz CT molecular complexity index is 824. The molecule has 0 bridgehead atoms. The molecule has 5 heteroatoms. The number of rotatable bonds is 7. The van der Waals surface area contributed by atoms with E-state index in [1.807, 2.05) is 36.4 Å². The molecule has 2 aromatic rings. The van der Waals surface area contributed by atoms with E-state index in [1.165, 1.54) is 12.2 Å². The first-order valence-corrected chi connectivity index (χ1v) is 8.68. The molecule has 0 aliphatic heterocycles. The number of allylic oxidation sites excluding steroid dienone is 2. The van der Waals surface area contributed by atoms with Gasteiger partial charge in [-0.3, -0.25) is 4.79 Å². The zero-order valence-electron chi connectivity index (χ0n) is 14.0. The summed E-state index contributed by atoms with van der Waals surface area (Å²) in [5, 5.41) is 2.59. The summed E-state index contributed by atoms with van der Waals surface area (Å²) in [4.78, 5) is 24.5. The van der Waals surface area contributed by atoms with Gasteiger partial charge in [0.25, 0.3) is 5.91 Å². The second-order valence-electron chi connectivity index (χ2n) is 5.20. The number of halogens is 1. The van der Waals surface area contributed by atoms with Crippen molar-refractivity contribution < 1.29 is 14.3 Å². The van der Waals surface area contributed by atoms with E-state index in [2.05, 4.69) is 27.8 Å². The van der Waals surface area contributed by atoms with Crippen molar-refractivity contribution in [1.82, 2.24) is 5.32 Å². The molecule has 0 aliphatic carbocycles. The Balaban J connectivity index is 2.17. The number of ether oxygens (including phenoxy) is 1. The SMILES string of the molecule is C=CCOC(=O)/C(=C/C=C/c1ccccc1)NC(=O)c1ccc(Br)cc1. The second kappa shape index (κ2) is 10.2. The molecular weight excluding hydrogens is 394 g/mol. The third-order valence-electron chi connectivity index (χ3n) is 3.26. The van der Waals surface area contributed by atoms with E-state index in [0.29, 0.717) is 5.56 Å². The maximum Gasteiger partial charge on any atom is 0.355 e. The largest absolute Gasteiger partial charge is 0.457 e. The molecule has 2 rings (SSSR count). The predicted molar refractivity (Wildman–Crippen MR) is 106 cm³/mol. The maximum atomic E-state index is 12.4. The Morgan fingerprint density at radius 2 is 1.77 bits per heavy atom. The monoisotopic (exact) mass is 411 g/mol. The third-order valence-corrected chi connectivity index (χ3v) is 3.79. The fourth-order valence-electron chi connectivity index (χ4n) is 1.99. The lowest BCUT2D eigenvalue weighted by Crippen LogP contribution is -2.28. The van der Waals surface area contributed by atoms with Gasteiger partial charge in [0.15, 0.2) is 0 Å². The smallest absolute Gasteiger partial charge is 0.355 e. The fraction of sp³-hybridized carbons (Fsp3) is 0.0476. The van der Waals surface area contributed by atoms with Crippen LogP contribution >= 0.6 is 15.9 Å². The van der Waals surface area contributed by atoms with E-state index in [0.717, 1.165) is 10.0 Å². The number of hydrogen-bond donors (Lipinski definition) is 1. The Hall–Kier alpha value is -2.92. The van der Waals surface area contributed by atoms with Crippen LogP contribution in [-0.4, -0.2) is 18.5 Å². The zero-order chi connectivity index (χ0) is 18.8. The normalized spacial score (nSPS) is 11.2. The van der Waals surface area contributed by atoms with Gasteiger partial charge in [-0.1, -0.05) is 71.1 Å². The van der Waals surface area contributed by atoms with E-state index in [-0.39, 0.29) is 12.3 Å². The van der Waals surface area contributed by atoms with E-state index in [1.54, 1.807) is 30.3 Å². The van der Waals surface area contributed by atoms with Gasteiger partial charge in [0.05, 0.1) is 0 Å². The minimum Gasteiger partial charge on any atom is -0.457 e. The molecule has 0 heterocycles. The van der Waals surface area contributed by atoms with Gasteiger partial charge in [0.1, 0.15) is 12.3 Å². The van der Waals surface area contributed by atoms with Gasteiger partial charge < -0.3 is 10.1 Å².